The van der Waals surface area contributed by atoms with Gasteiger partial charge in [-0.2, -0.15) is 0 Å². The predicted octanol–water partition coefficient (Wildman–Crippen LogP) is 1.86. The zero-order valence-corrected chi connectivity index (χ0v) is 17.6. The molecule has 1 aromatic rings. The number of aliphatic imine (C=N–C) groups is 1. The van der Waals surface area contributed by atoms with Crippen LogP contribution in [0.5, 0.6) is 0 Å². The highest BCUT2D eigenvalue weighted by molar-refractivity contribution is 5.81. The molecule has 1 atom stereocenters. The zero-order valence-electron chi connectivity index (χ0n) is 17.6. The van der Waals surface area contributed by atoms with Gasteiger partial charge in [0.15, 0.2) is 5.96 Å². The molecule has 154 valence electrons. The smallest absolute Gasteiger partial charge is 0.225 e. The summed E-state index contributed by atoms with van der Waals surface area (Å²) in [6.45, 7) is 12.3. The molecule has 6 heteroatoms. The van der Waals surface area contributed by atoms with Crippen LogP contribution in [0.3, 0.4) is 0 Å². The van der Waals surface area contributed by atoms with Crippen molar-refractivity contribution in [3.05, 3.63) is 35.4 Å². The first-order valence-corrected chi connectivity index (χ1v) is 10.7. The normalized spacial score (nSPS) is 20.4. The van der Waals surface area contributed by atoms with E-state index in [0.29, 0.717) is 0 Å². The minimum atomic E-state index is 0.0651. The van der Waals surface area contributed by atoms with Gasteiger partial charge >= 0.3 is 0 Å². The number of fused-ring (bicyclic) bond motifs is 1. The highest BCUT2D eigenvalue weighted by Gasteiger charge is 2.28. The molecule has 1 fully saturated rings. The van der Waals surface area contributed by atoms with E-state index in [1.165, 1.54) is 11.1 Å². The summed E-state index contributed by atoms with van der Waals surface area (Å²) in [6.07, 6.45) is 2.10. The number of hydrogen-bond acceptors (Lipinski definition) is 3. The van der Waals surface area contributed by atoms with Gasteiger partial charge in [0.05, 0.1) is 6.54 Å². The second-order valence-electron chi connectivity index (χ2n) is 8.12. The number of nitrogens with one attached hydrogen (secondary N) is 2. The molecule has 0 bridgehead atoms. The van der Waals surface area contributed by atoms with Crippen LogP contribution in [-0.4, -0.2) is 67.0 Å². The third-order valence-corrected chi connectivity index (χ3v) is 5.57. The Morgan fingerprint density at radius 3 is 2.79 bits per heavy atom. The van der Waals surface area contributed by atoms with Crippen LogP contribution in [0.15, 0.2) is 29.3 Å². The third-order valence-electron chi connectivity index (χ3n) is 5.57. The Bertz CT molecular complexity index is 687. The lowest BCUT2D eigenvalue weighted by Gasteiger charge is -2.28. The Kier molecular flexibility index (Phi) is 7.31. The van der Waals surface area contributed by atoms with E-state index in [-0.39, 0.29) is 17.9 Å². The van der Waals surface area contributed by atoms with Crippen molar-refractivity contribution in [1.29, 1.82) is 0 Å². The quantitative estimate of drug-likeness (QED) is 0.580. The summed E-state index contributed by atoms with van der Waals surface area (Å²) in [5.74, 6) is 1.18. The number of hydrogen-bond donors (Lipinski definition) is 2. The lowest BCUT2D eigenvalue weighted by atomic mass is 10.0. The maximum absolute atomic E-state index is 12.2. The molecular weight excluding hydrogens is 350 g/mol. The van der Waals surface area contributed by atoms with Gasteiger partial charge in [-0.1, -0.05) is 38.1 Å². The first-order valence-electron chi connectivity index (χ1n) is 10.7. The topological polar surface area (TPSA) is 60.0 Å². The fourth-order valence-corrected chi connectivity index (χ4v) is 4.01. The fraction of sp³-hybridized carbons (Fsp3) is 0.636. The van der Waals surface area contributed by atoms with Crippen molar-refractivity contribution in [2.24, 2.45) is 10.9 Å². The van der Waals surface area contributed by atoms with Gasteiger partial charge in [-0.25, -0.2) is 0 Å². The summed E-state index contributed by atoms with van der Waals surface area (Å²) in [5.41, 5.74) is 2.93. The number of guanidine groups is 1. The van der Waals surface area contributed by atoms with Crippen LogP contribution in [-0.2, 0) is 17.8 Å². The van der Waals surface area contributed by atoms with E-state index in [4.69, 9.17) is 4.99 Å². The maximum atomic E-state index is 12.2. The van der Waals surface area contributed by atoms with Gasteiger partial charge in [0.2, 0.25) is 5.91 Å². The van der Waals surface area contributed by atoms with E-state index < -0.39 is 0 Å². The Morgan fingerprint density at radius 2 is 2.04 bits per heavy atom. The van der Waals surface area contributed by atoms with E-state index in [1.54, 1.807) is 0 Å². The van der Waals surface area contributed by atoms with Crippen molar-refractivity contribution in [2.75, 3.05) is 39.3 Å². The Morgan fingerprint density at radius 1 is 1.25 bits per heavy atom. The molecule has 0 saturated carbocycles. The van der Waals surface area contributed by atoms with Gasteiger partial charge in [0, 0.05) is 51.2 Å². The largest absolute Gasteiger partial charge is 0.357 e. The summed E-state index contributed by atoms with van der Waals surface area (Å²) in [7, 11) is 0. The fourth-order valence-electron chi connectivity index (χ4n) is 4.01. The molecule has 2 aliphatic rings. The van der Waals surface area contributed by atoms with Gasteiger partial charge in [-0.15, -0.1) is 0 Å². The zero-order chi connectivity index (χ0) is 19.9. The molecule has 2 heterocycles. The van der Waals surface area contributed by atoms with Crippen molar-refractivity contribution in [3.8, 4) is 0 Å². The van der Waals surface area contributed by atoms with Crippen molar-refractivity contribution < 1.29 is 4.79 Å². The lowest BCUT2D eigenvalue weighted by molar-refractivity contribution is -0.133. The Labute approximate surface area is 169 Å². The molecule has 2 N–H and O–H groups in total. The van der Waals surface area contributed by atoms with E-state index in [2.05, 4.69) is 46.7 Å². The first-order chi connectivity index (χ1) is 13.6. The second kappa shape index (κ2) is 9.92. The Hall–Kier alpha value is -2.08. The number of nitrogens with zero attached hydrogens (tertiary/aromatic N) is 3. The van der Waals surface area contributed by atoms with E-state index in [0.717, 1.165) is 64.6 Å². The van der Waals surface area contributed by atoms with Crippen molar-refractivity contribution in [2.45, 2.75) is 46.2 Å². The third kappa shape index (κ3) is 5.47. The molecule has 0 aliphatic carbocycles. The average Bonchev–Trinajstić information content (AvgIpc) is 3.15. The van der Waals surface area contributed by atoms with Gasteiger partial charge in [0.1, 0.15) is 0 Å². The molecule has 1 saturated heterocycles. The molecule has 1 aromatic carbocycles. The summed E-state index contributed by atoms with van der Waals surface area (Å²) < 4.78 is 0. The van der Waals surface area contributed by atoms with Crippen LogP contribution in [0.2, 0.25) is 0 Å². The molecule has 0 spiro atoms. The standard InChI is InChI=1S/C22H35N5O/c1-4-23-22(25-20-10-13-27(16-20)21(28)17(2)3)24-11-14-26-12-9-18-7-5-6-8-19(18)15-26/h5-8,17,20H,4,9-16H2,1-3H3,(H2,23,24,25). The number of carbonyl (C=O) groups excluding carboxylic acids is 1. The SMILES string of the molecule is CCNC(=NCCN1CCc2ccccc2C1)NC1CCN(C(=O)C(C)C)C1. The number of likely N-dealkylation sites (tertiary alicyclic amines) is 1. The maximum Gasteiger partial charge on any atom is 0.225 e. The predicted molar refractivity (Wildman–Crippen MR) is 114 cm³/mol. The highest BCUT2D eigenvalue weighted by Crippen LogP contribution is 2.18. The van der Waals surface area contributed by atoms with Gasteiger partial charge in [0.25, 0.3) is 0 Å². The van der Waals surface area contributed by atoms with Crippen molar-refractivity contribution in [3.63, 3.8) is 0 Å². The van der Waals surface area contributed by atoms with Gasteiger partial charge in [-0.3, -0.25) is 14.7 Å². The van der Waals surface area contributed by atoms with Crippen LogP contribution in [0.4, 0.5) is 0 Å². The van der Waals surface area contributed by atoms with Crippen LogP contribution < -0.4 is 10.6 Å². The van der Waals surface area contributed by atoms with Crippen LogP contribution in [0.1, 0.15) is 38.3 Å². The first kappa shape index (κ1) is 20.6. The van der Waals surface area contributed by atoms with Crippen molar-refractivity contribution in [1.82, 2.24) is 20.4 Å². The van der Waals surface area contributed by atoms with Gasteiger partial charge in [-0.05, 0) is 30.9 Å². The number of benzene rings is 1. The summed E-state index contributed by atoms with van der Waals surface area (Å²) in [5, 5.41) is 6.87. The van der Waals surface area contributed by atoms with Crippen LogP contribution in [0.25, 0.3) is 0 Å². The molecule has 1 unspecified atom stereocenters. The Balaban J connectivity index is 1.48. The average molecular weight is 386 g/mol. The summed E-state index contributed by atoms with van der Waals surface area (Å²) in [4.78, 5) is 21.4. The minimum Gasteiger partial charge on any atom is -0.357 e. The number of amides is 1. The van der Waals surface area contributed by atoms with E-state index in [1.807, 2.05) is 18.7 Å². The number of carbonyl (C=O) groups is 1. The number of rotatable bonds is 6. The molecule has 6 nitrogen and oxygen atoms in total. The molecule has 2 aliphatic heterocycles. The molecule has 0 radical (unpaired) electrons. The van der Waals surface area contributed by atoms with Gasteiger partial charge < -0.3 is 15.5 Å². The summed E-state index contributed by atoms with van der Waals surface area (Å²) in [6, 6.07) is 9.02. The molecular formula is C22H35N5O. The minimum absolute atomic E-state index is 0.0651. The lowest BCUT2D eigenvalue weighted by Crippen LogP contribution is -2.45. The molecule has 0 aromatic heterocycles. The molecule has 3 rings (SSSR count). The highest BCUT2D eigenvalue weighted by atomic mass is 16.2. The van der Waals surface area contributed by atoms with Crippen LogP contribution in [0, 0.1) is 5.92 Å². The molecule has 1 amide bonds. The van der Waals surface area contributed by atoms with Crippen LogP contribution >= 0.6 is 0 Å². The van der Waals surface area contributed by atoms with Crippen molar-refractivity contribution >= 4 is 11.9 Å². The molecule has 28 heavy (non-hydrogen) atoms. The summed E-state index contributed by atoms with van der Waals surface area (Å²) >= 11 is 0. The van der Waals surface area contributed by atoms with E-state index in [9.17, 15) is 4.79 Å². The monoisotopic (exact) mass is 385 g/mol. The van der Waals surface area contributed by atoms with E-state index >= 15 is 0 Å². The second-order valence-corrected chi connectivity index (χ2v) is 8.12.